The van der Waals surface area contributed by atoms with E-state index in [4.69, 9.17) is 11.6 Å². The number of sulfonamides is 1. The van der Waals surface area contributed by atoms with Crippen molar-refractivity contribution in [2.45, 2.75) is 23.1 Å². The molecule has 0 aromatic carbocycles. The Morgan fingerprint density at radius 1 is 1.50 bits per heavy atom. The fourth-order valence-electron chi connectivity index (χ4n) is 1.67. The topological polar surface area (TPSA) is 58.2 Å². The number of hydrogen-bond donors (Lipinski definition) is 2. The smallest absolute Gasteiger partial charge is 0.250 e. The van der Waals surface area contributed by atoms with Crippen molar-refractivity contribution in [2.24, 2.45) is 0 Å². The second kappa shape index (κ2) is 5.01. The highest BCUT2D eigenvalue weighted by molar-refractivity contribution is 7.91. The molecule has 16 heavy (non-hydrogen) atoms. The Kier molecular flexibility index (Phi) is 3.86. The van der Waals surface area contributed by atoms with E-state index in [0.29, 0.717) is 10.9 Å². The summed E-state index contributed by atoms with van der Waals surface area (Å²) in [6.45, 7) is 1.65. The molecular weight excluding hydrogens is 268 g/mol. The predicted octanol–water partition coefficient (Wildman–Crippen LogP) is 1.43. The van der Waals surface area contributed by atoms with Crippen molar-refractivity contribution in [2.75, 3.05) is 13.1 Å². The molecule has 4 nitrogen and oxygen atoms in total. The molecule has 1 aliphatic rings. The van der Waals surface area contributed by atoms with Crippen LogP contribution in [0, 0.1) is 0 Å². The van der Waals surface area contributed by atoms with Crippen molar-refractivity contribution in [1.82, 2.24) is 10.0 Å². The van der Waals surface area contributed by atoms with E-state index in [0.717, 1.165) is 30.7 Å². The highest BCUT2D eigenvalue weighted by Crippen LogP contribution is 2.25. The van der Waals surface area contributed by atoms with Crippen LogP contribution in [-0.4, -0.2) is 27.5 Å². The van der Waals surface area contributed by atoms with Gasteiger partial charge in [0.15, 0.2) is 0 Å². The van der Waals surface area contributed by atoms with E-state index in [1.165, 1.54) is 6.07 Å². The van der Waals surface area contributed by atoms with Gasteiger partial charge in [-0.3, -0.25) is 0 Å². The number of rotatable bonds is 3. The molecule has 1 aromatic heterocycles. The van der Waals surface area contributed by atoms with Crippen LogP contribution in [-0.2, 0) is 10.0 Å². The third-order valence-electron chi connectivity index (χ3n) is 2.43. The lowest BCUT2D eigenvalue weighted by atomic mass is 10.1. The first-order valence-corrected chi connectivity index (χ1v) is 7.74. The highest BCUT2D eigenvalue weighted by Gasteiger charge is 2.22. The zero-order valence-corrected chi connectivity index (χ0v) is 11.0. The Hall–Kier alpha value is -0.140. The van der Waals surface area contributed by atoms with Gasteiger partial charge in [-0.2, -0.15) is 0 Å². The third kappa shape index (κ3) is 2.95. The van der Waals surface area contributed by atoms with Gasteiger partial charge in [0.1, 0.15) is 4.21 Å². The van der Waals surface area contributed by atoms with Gasteiger partial charge in [0, 0.05) is 12.6 Å². The van der Waals surface area contributed by atoms with Crippen molar-refractivity contribution in [3.05, 3.63) is 16.5 Å². The first-order chi connectivity index (χ1) is 7.58. The largest absolute Gasteiger partial charge is 0.315 e. The first-order valence-electron chi connectivity index (χ1n) is 5.06. The number of halogens is 1. The summed E-state index contributed by atoms with van der Waals surface area (Å²) in [5.41, 5.74) is 0. The SMILES string of the molecule is O=S(=O)(N[C@@H]1CCCNC1)c1ccc(Cl)s1. The molecule has 0 saturated carbocycles. The highest BCUT2D eigenvalue weighted by atomic mass is 35.5. The van der Waals surface area contributed by atoms with Gasteiger partial charge in [0.05, 0.1) is 4.34 Å². The fraction of sp³-hybridized carbons (Fsp3) is 0.556. The van der Waals surface area contributed by atoms with E-state index < -0.39 is 10.0 Å². The van der Waals surface area contributed by atoms with Gasteiger partial charge in [-0.1, -0.05) is 11.6 Å². The number of nitrogens with one attached hydrogen (secondary N) is 2. The van der Waals surface area contributed by atoms with Gasteiger partial charge in [-0.25, -0.2) is 13.1 Å². The summed E-state index contributed by atoms with van der Waals surface area (Å²) in [5, 5.41) is 3.16. The molecule has 2 N–H and O–H groups in total. The fourth-order valence-corrected chi connectivity index (χ4v) is 4.44. The lowest BCUT2D eigenvalue weighted by Gasteiger charge is -2.23. The Labute approximate surface area is 104 Å². The monoisotopic (exact) mass is 280 g/mol. The second-order valence-electron chi connectivity index (χ2n) is 3.72. The van der Waals surface area contributed by atoms with Gasteiger partial charge in [-0.15, -0.1) is 11.3 Å². The van der Waals surface area contributed by atoms with E-state index in [-0.39, 0.29) is 10.3 Å². The molecule has 1 atom stereocenters. The van der Waals surface area contributed by atoms with Crippen LogP contribution in [0.25, 0.3) is 0 Å². The Bertz CT molecular complexity index is 452. The van der Waals surface area contributed by atoms with Crippen molar-refractivity contribution in [3.63, 3.8) is 0 Å². The molecule has 1 fully saturated rings. The average molecular weight is 281 g/mol. The molecule has 1 aliphatic heterocycles. The van der Waals surface area contributed by atoms with Gasteiger partial charge >= 0.3 is 0 Å². The maximum Gasteiger partial charge on any atom is 0.250 e. The molecule has 0 unspecified atom stereocenters. The van der Waals surface area contributed by atoms with E-state index in [1.54, 1.807) is 6.07 Å². The van der Waals surface area contributed by atoms with E-state index >= 15 is 0 Å². The van der Waals surface area contributed by atoms with Crippen LogP contribution in [0.5, 0.6) is 0 Å². The molecule has 1 saturated heterocycles. The van der Waals surface area contributed by atoms with Crippen molar-refractivity contribution < 1.29 is 8.42 Å². The second-order valence-corrected chi connectivity index (χ2v) is 7.38. The maximum absolute atomic E-state index is 11.9. The molecule has 90 valence electrons. The molecule has 2 heterocycles. The summed E-state index contributed by atoms with van der Waals surface area (Å²) in [6, 6.07) is 3.12. The quantitative estimate of drug-likeness (QED) is 0.881. The third-order valence-corrected chi connectivity index (χ3v) is 5.68. The van der Waals surface area contributed by atoms with Gasteiger partial charge in [0.25, 0.3) is 0 Å². The van der Waals surface area contributed by atoms with Crippen LogP contribution < -0.4 is 10.0 Å². The van der Waals surface area contributed by atoms with Crippen LogP contribution in [0.2, 0.25) is 4.34 Å². The van der Waals surface area contributed by atoms with Crippen molar-refractivity contribution >= 4 is 33.0 Å². The minimum Gasteiger partial charge on any atom is -0.315 e. The van der Waals surface area contributed by atoms with Crippen molar-refractivity contribution in [3.8, 4) is 0 Å². The van der Waals surface area contributed by atoms with Crippen LogP contribution in [0.3, 0.4) is 0 Å². The average Bonchev–Trinajstić information content (AvgIpc) is 2.66. The van der Waals surface area contributed by atoms with Crippen LogP contribution in [0.1, 0.15) is 12.8 Å². The van der Waals surface area contributed by atoms with Gasteiger partial charge in [0.2, 0.25) is 10.0 Å². The molecule has 0 spiro atoms. The summed E-state index contributed by atoms with van der Waals surface area (Å²) in [5.74, 6) is 0. The molecule has 0 bridgehead atoms. The summed E-state index contributed by atoms with van der Waals surface area (Å²) in [7, 11) is -3.40. The van der Waals surface area contributed by atoms with E-state index in [1.807, 2.05) is 0 Å². The molecule has 2 rings (SSSR count). The van der Waals surface area contributed by atoms with Gasteiger partial charge < -0.3 is 5.32 Å². The maximum atomic E-state index is 11.9. The zero-order chi connectivity index (χ0) is 11.6. The lowest BCUT2D eigenvalue weighted by molar-refractivity contribution is 0.429. The standard InChI is InChI=1S/C9H13ClN2O2S2/c10-8-3-4-9(15-8)16(13,14)12-7-2-1-5-11-6-7/h3-4,7,11-12H,1-2,5-6H2/t7-/m1/s1. The normalized spacial score (nSPS) is 22.2. The summed E-state index contributed by atoms with van der Waals surface area (Å²) in [4.78, 5) is 0. The Morgan fingerprint density at radius 3 is 2.88 bits per heavy atom. The lowest BCUT2D eigenvalue weighted by Crippen LogP contribution is -2.45. The number of thiophene rings is 1. The molecule has 0 radical (unpaired) electrons. The molecule has 1 aromatic rings. The minimum absolute atomic E-state index is 0.0142. The van der Waals surface area contributed by atoms with Gasteiger partial charge in [-0.05, 0) is 31.5 Å². The molecule has 7 heteroatoms. The van der Waals surface area contributed by atoms with Crippen molar-refractivity contribution in [1.29, 1.82) is 0 Å². The molecule has 0 aliphatic carbocycles. The van der Waals surface area contributed by atoms with Crippen LogP contribution in [0.15, 0.2) is 16.3 Å². The molecule has 0 amide bonds. The number of hydrogen-bond acceptors (Lipinski definition) is 4. The van der Waals surface area contributed by atoms with Crippen LogP contribution >= 0.6 is 22.9 Å². The predicted molar refractivity (Wildman–Crippen MR) is 65.5 cm³/mol. The summed E-state index contributed by atoms with van der Waals surface area (Å²) >= 11 is 6.80. The minimum atomic E-state index is -3.40. The Balaban J connectivity index is 2.07. The van der Waals surface area contributed by atoms with Crippen LogP contribution in [0.4, 0.5) is 0 Å². The Morgan fingerprint density at radius 2 is 2.31 bits per heavy atom. The van der Waals surface area contributed by atoms with E-state index in [9.17, 15) is 8.42 Å². The first kappa shape index (κ1) is 12.3. The number of piperidine rings is 1. The zero-order valence-electron chi connectivity index (χ0n) is 8.57. The summed E-state index contributed by atoms with van der Waals surface area (Å²) in [6.07, 6.45) is 1.88. The summed E-state index contributed by atoms with van der Waals surface area (Å²) < 4.78 is 27.3. The van der Waals surface area contributed by atoms with E-state index in [2.05, 4.69) is 10.0 Å². The molecular formula is C9H13ClN2O2S2.